The van der Waals surface area contributed by atoms with Crippen molar-refractivity contribution in [3.8, 4) is 0 Å². The van der Waals surface area contributed by atoms with E-state index in [1.54, 1.807) is 0 Å². The molecule has 0 aliphatic rings. The first-order valence-electron chi connectivity index (χ1n) is 3.96. The zero-order valence-electron chi connectivity index (χ0n) is 7.22. The molecule has 0 aliphatic heterocycles. The molecule has 0 spiro atoms. The smallest absolute Gasteiger partial charge is 0.0620 e. The van der Waals surface area contributed by atoms with Crippen molar-refractivity contribution in [2.45, 2.75) is 45.6 Å². The number of hydrogen-bond acceptors (Lipinski definition) is 1. The standard InChI is InChI=1S/C9H18O/c1-4-6-7-8-9(3,10)5-2/h4,6,10H,5,7-8H2,1-3H3/t9-/m1/s1. The summed E-state index contributed by atoms with van der Waals surface area (Å²) in [6.45, 7) is 5.90. The summed E-state index contributed by atoms with van der Waals surface area (Å²) in [6, 6.07) is 0. The van der Waals surface area contributed by atoms with Gasteiger partial charge in [0, 0.05) is 0 Å². The second-order valence-electron chi connectivity index (χ2n) is 2.96. The summed E-state index contributed by atoms with van der Waals surface area (Å²) >= 11 is 0. The van der Waals surface area contributed by atoms with Gasteiger partial charge >= 0.3 is 0 Å². The third-order valence-electron chi connectivity index (χ3n) is 1.85. The van der Waals surface area contributed by atoms with E-state index in [9.17, 15) is 5.11 Å². The van der Waals surface area contributed by atoms with Gasteiger partial charge in [-0.3, -0.25) is 0 Å². The van der Waals surface area contributed by atoms with Crippen molar-refractivity contribution in [3.63, 3.8) is 0 Å². The Kier molecular flexibility index (Phi) is 4.37. The summed E-state index contributed by atoms with van der Waals surface area (Å²) in [5, 5.41) is 9.52. The van der Waals surface area contributed by atoms with Crippen molar-refractivity contribution < 1.29 is 5.11 Å². The fourth-order valence-electron chi connectivity index (χ4n) is 0.738. The normalized spacial score (nSPS) is 17.6. The van der Waals surface area contributed by atoms with Gasteiger partial charge in [0.15, 0.2) is 0 Å². The molecular weight excluding hydrogens is 124 g/mol. The molecule has 0 fully saturated rings. The van der Waals surface area contributed by atoms with Crippen LogP contribution in [0.4, 0.5) is 0 Å². The molecule has 1 atom stereocenters. The van der Waals surface area contributed by atoms with Crippen LogP contribution in [-0.4, -0.2) is 10.7 Å². The predicted octanol–water partition coefficient (Wildman–Crippen LogP) is 2.50. The monoisotopic (exact) mass is 142 g/mol. The van der Waals surface area contributed by atoms with Gasteiger partial charge in [-0.15, -0.1) is 0 Å². The Labute approximate surface area is 63.8 Å². The molecule has 0 radical (unpaired) electrons. The van der Waals surface area contributed by atoms with Crippen LogP contribution in [0.5, 0.6) is 0 Å². The first-order valence-corrected chi connectivity index (χ1v) is 3.96. The molecule has 1 nitrogen and oxygen atoms in total. The van der Waals surface area contributed by atoms with Crippen LogP contribution in [0.15, 0.2) is 12.2 Å². The molecule has 0 aromatic carbocycles. The summed E-state index contributed by atoms with van der Waals surface area (Å²) in [5.74, 6) is 0. The van der Waals surface area contributed by atoms with E-state index in [0.717, 1.165) is 19.3 Å². The van der Waals surface area contributed by atoms with Gasteiger partial charge in [0.2, 0.25) is 0 Å². The molecule has 0 aromatic rings. The highest BCUT2D eigenvalue weighted by atomic mass is 16.3. The Bertz CT molecular complexity index is 103. The lowest BCUT2D eigenvalue weighted by atomic mass is 9.97. The lowest BCUT2D eigenvalue weighted by Gasteiger charge is -2.19. The van der Waals surface area contributed by atoms with Crippen LogP contribution in [0.3, 0.4) is 0 Å². The highest BCUT2D eigenvalue weighted by Crippen LogP contribution is 2.15. The molecule has 1 heteroatoms. The Morgan fingerprint density at radius 2 is 2.10 bits per heavy atom. The Hall–Kier alpha value is -0.300. The summed E-state index contributed by atoms with van der Waals surface area (Å²) in [4.78, 5) is 0. The van der Waals surface area contributed by atoms with Crippen LogP contribution in [0.25, 0.3) is 0 Å². The van der Waals surface area contributed by atoms with Crippen LogP contribution in [0, 0.1) is 0 Å². The van der Waals surface area contributed by atoms with E-state index in [1.807, 2.05) is 26.8 Å². The van der Waals surface area contributed by atoms with E-state index >= 15 is 0 Å². The van der Waals surface area contributed by atoms with Crippen LogP contribution in [0.1, 0.15) is 40.0 Å². The van der Waals surface area contributed by atoms with Gasteiger partial charge < -0.3 is 5.11 Å². The summed E-state index contributed by atoms with van der Waals surface area (Å²) in [7, 11) is 0. The van der Waals surface area contributed by atoms with Crippen molar-refractivity contribution in [2.24, 2.45) is 0 Å². The van der Waals surface area contributed by atoms with Gasteiger partial charge in [0.25, 0.3) is 0 Å². The van der Waals surface area contributed by atoms with Crippen molar-refractivity contribution in [2.75, 3.05) is 0 Å². The predicted molar refractivity (Wildman–Crippen MR) is 45.0 cm³/mol. The van der Waals surface area contributed by atoms with Crippen LogP contribution >= 0.6 is 0 Å². The van der Waals surface area contributed by atoms with Gasteiger partial charge in [-0.25, -0.2) is 0 Å². The average Bonchev–Trinajstić information content (AvgIpc) is 1.89. The summed E-state index contributed by atoms with van der Waals surface area (Å²) < 4.78 is 0. The largest absolute Gasteiger partial charge is 0.390 e. The zero-order valence-corrected chi connectivity index (χ0v) is 7.22. The summed E-state index contributed by atoms with van der Waals surface area (Å²) in [6.07, 6.45) is 6.80. The van der Waals surface area contributed by atoms with E-state index in [0.29, 0.717) is 0 Å². The van der Waals surface area contributed by atoms with Gasteiger partial charge in [0.05, 0.1) is 5.60 Å². The number of aliphatic hydroxyl groups is 1. The molecule has 0 unspecified atom stereocenters. The van der Waals surface area contributed by atoms with Crippen LogP contribution in [0.2, 0.25) is 0 Å². The van der Waals surface area contributed by atoms with Crippen molar-refractivity contribution in [1.29, 1.82) is 0 Å². The van der Waals surface area contributed by atoms with Gasteiger partial charge in [-0.2, -0.15) is 0 Å². The summed E-state index contributed by atoms with van der Waals surface area (Å²) in [5.41, 5.74) is -0.459. The molecule has 1 N–H and O–H groups in total. The number of allylic oxidation sites excluding steroid dienone is 2. The Balaban J connectivity index is 3.46. The van der Waals surface area contributed by atoms with E-state index in [4.69, 9.17) is 0 Å². The number of rotatable bonds is 4. The molecule has 0 rings (SSSR count). The molecule has 0 amide bonds. The van der Waals surface area contributed by atoms with Crippen LogP contribution in [-0.2, 0) is 0 Å². The first-order chi connectivity index (χ1) is 4.62. The molecular formula is C9H18O. The minimum atomic E-state index is -0.459. The minimum Gasteiger partial charge on any atom is -0.390 e. The van der Waals surface area contributed by atoms with E-state index in [-0.39, 0.29) is 0 Å². The highest BCUT2D eigenvalue weighted by molar-refractivity contribution is 4.81. The number of hydrogen-bond donors (Lipinski definition) is 1. The van der Waals surface area contributed by atoms with Crippen molar-refractivity contribution in [1.82, 2.24) is 0 Å². The maximum absolute atomic E-state index is 9.52. The maximum Gasteiger partial charge on any atom is 0.0620 e. The highest BCUT2D eigenvalue weighted by Gasteiger charge is 2.14. The first kappa shape index (κ1) is 9.70. The fraction of sp³-hybridized carbons (Fsp3) is 0.778. The van der Waals surface area contributed by atoms with Crippen molar-refractivity contribution >= 4 is 0 Å². The third-order valence-corrected chi connectivity index (χ3v) is 1.85. The second-order valence-corrected chi connectivity index (χ2v) is 2.96. The quantitative estimate of drug-likeness (QED) is 0.598. The zero-order chi connectivity index (χ0) is 8.04. The van der Waals surface area contributed by atoms with Gasteiger partial charge in [-0.05, 0) is 33.1 Å². The molecule has 10 heavy (non-hydrogen) atoms. The third kappa shape index (κ3) is 4.57. The van der Waals surface area contributed by atoms with Crippen molar-refractivity contribution in [3.05, 3.63) is 12.2 Å². The maximum atomic E-state index is 9.52. The molecule has 0 heterocycles. The topological polar surface area (TPSA) is 20.2 Å². The minimum absolute atomic E-state index is 0.459. The molecule has 0 bridgehead atoms. The van der Waals surface area contributed by atoms with E-state index in [1.165, 1.54) is 0 Å². The fourth-order valence-corrected chi connectivity index (χ4v) is 0.738. The van der Waals surface area contributed by atoms with Gasteiger partial charge in [0.1, 0.15) is 0 Å². The molecule has 60 valence electrons. The molecule has 0 saturated carbocycles. The van der Waals surface area contributed by atoms with Gasteiger partial charge in [-0.1, -0.05) is 19.1 Å². The van der Waals surface area contributed by atoms with Crippen LogP contribution < -0.4 is 0 Å². The second kappa shape index (κ2) is 4.51. The van der Waals surface area contributed by atoms with E-state index in [2.05, 4.69) is 6.08 Å². The Morgan fingerprint density at radius 1 is 1.50 bits per heavy atom. The average molecular weight is 142 g/mol. The lowest BCUT2D eigenvalue weighted by Crippen LogP contribution is -2.21. The Morgan fingerprint density at radius 3 is 2.50 bits per heavy atom. The van der Waals surface area contributed by atoms with E-state index < -0.39 is 5.60 Å². The molecule has 0 saturated heterocycles. The molecule has 0 aliphatic carbocycles. The molecule has 0 aromatic heterocycles. The lowest BCUT2D eigenvalue weighted by molar-refractivity contribution is 0.0480. The SMILES string of the molecule is CC=CCC[C@](C)(O)CC.